The molecule has 4 nitrogen and oxygen atoms in total. The van der Waals surface area contributed by atoms with Crippen molar-refractivity contribution >= 4 is 29.1 Å². The van der Waals surface area contributed by atoms with Gasteiger partial charge in [-0.1, -0.05) is 29.8 Å². The summed E-state index contributed by atoms with van der Waals surface area (Å²) in [6, 6.07) is 10.0. The van der Waals surface area contributed by atoms with Gasteiger partial charge in [-0.05, 0) is 50.1 Å². The van der Waals surface area contributed by atoms with Crippen molar-refractivity contribution in [3.63, 3.8) is 0 Å². The largest absolute Gasteiger partial charge is 0.355 e. The van der Waals surface area contributed by atoms with Gasteiger partial charge in [0.15, 0.2) is 0 Å². The van der Waals surface area contributed by atoms with Crippen molar-refractivity contribution in [2.45, 2.75) is 20.3 Å². The first-order chi connectivity index (χ1) is 12.2. The van der Waals surface area contributed by atoms with Gasteiger partial charge in [-0.3, -0.25) is 9.59 Å². The van der Waals surface area contributed by atoms with Crippen LogP contribution in [0.5, 0.6) is 0 Å². The van der Waals surface area contributed by atoms with Gasteiger partial charge in [-0.25, -0.2) is 8.78 Å². The molecule has 0 saturated heterocycles. The van der Waals surface area contributed by atoms with Crippen LogP contribution in [0.15, 0.2) is 42.5 Å². The maximum Gasteiger partial charge on any atom is 0.239 e. The molecule has 0 bridgehead atoms. The van der Waals surface area contributed by atoms with E-state index in [0.717, 1.165) is 6.07 Å². The van der Waals surface area contributed by atoms with E-state index in [1.165, 1.54) is 32.0 Å². The predicted octanol–water partition coefficient (Wildman–Crippen LogP) is 3.94. The number of hydrogen-bond acceptors (Lipinski definition) is 2. The fourth-order valence-corrected chi connectivity index (χ4v) is 2.38. The van der Waals surface area contributed by atoms with Gasteiger partial charge < -0.3 is 10.6 Å². The number of carbonyl (C=O) groups excluding carboxylic acids is 2. The SMILES string of the molecule is CC(C)(C(=O)NCCc1ccccc1F)C(=O)Nc1ccc(F)c(Cl)c1. The molecule has 2 aromatic carbocycles. The molecule has 0 fully saturated rings. The maximum atomic E-state index is 13.6. The summed E-state index contributed by atoms with van der Waals surface area (Å²) >= 11 is 5.68. The Morgan fingerprint density at radius 3 is 2.38 bits per heavy atom. The third-order valence-electron chi connectivity index (χ3n) is 3.95. The second kappa shape index (κ2) is 8.27. The maximum absolute atomic E-state index is 13.6. The van der Waals surface area contributed by atoms with Gasteiger partial charge in [0.2, 0.25) is 11.8 Å². The predicted molar refractivity (Wildman–Crippen MR) is 96.9 cm³/mol. The molecule has 0 aliphatic heterocycles. The highest BCUT2D eigenvalue weighted by molar-refractivity contribution is 6.31. The molecule has 26 heavy (non-hydrogen) atoms. The van der Waals surface area contributed by atoms with Gasteiger partial charge in [0.25, 0.3) is 0 Å². The van der Waals surface area contributed by atoms with Crippen molar-refractivity contribution in [1.82, 2.24) is 5.32 Å². The van der Waals surface area contributed by atoms with Crippen LogP contribution in [0, 0.1) is 17.0 Å². The molecule has 0 atom stereocenters. The van der Waals surface area contributed by atoms with Crippen LogP contribution in [0.3, 0.4) is 0 Å². The molecule has 0 saturated carbocycles. The zero-order valence-electron chi connectivity index (χ0n) is 14.4. The van der Waals surface area contributed by atoms with Crippen LogP contribution in [0.1, 0.15) is 19.4 Å². The minimum absolute atomic E-state index is 0.130. The first kappa shape index (κ1) is 19.8. The quantitative estimate of drug-likeness (QED) is 0.746. The van der Waals surface area contributed by atoms with Crippen LogP contribution in [-0.2, 0) is 16.0 Å². The van der Waals surface area contributed by atoms with Crippen LogP contribution in [-0.4, -0.2) is 18.4 Å². The van der Waals surface area contributed by atoms with Crippen molar-refractivity contribution in [3.05, 3.63) is 64.7 Å². The first-order valence-electron chi connectivity index (χ1n) is 8.00. The van der Waals surface area contributed by atoms with E-state index in [2.05, 4.69) is 10.6 Å². The number of halogens is 3. The van der Waals surface area contributed by atoms with Crippen molar-refractivity contribution in [2.75, 3.05) is 11.9 Å². The number of amides is 2. The fourth-order valence-electron chi connectivity index (χ4n) is 2.20. The number of hydrogen-bond donors (Lipinski definition) is 2. The molecule has 138 valence electrons. The highest BCUT2D eigenvalue weighted by atomic mass is 35.5. The van der Waals surface area contributed by atoms with Gasteiger partial charge in [0, 0.05) is 12.2 Å². The lowest BCUT2D eigenvalue weighted by Gasteiger charge is -2.23. The van der Waals surface area contributed by atoms with Crippen LogP contribution in [0.2, 0.25) is 5.02 Å². The number of nitrogens with one attached hydrogen (secondary N) is 2. The number of benzene rings is 2. The van der Waals surface area contributed by atoms with Crippen LogP contribution < -0.4 is 10.6 Å². The Labute approximate surface area is 155 Å². The van der Waals surface area contributed by atoms with E-state index in [9.17, 15) is 18.4 Å². The lowest BCUT2D eigenvalue weighted by atomic mass is 9.91. The molecule has 2 N–H and O–H groups in total. The molecule has 0 aromatic heterocycles. The lowest BCUT2D eigenvalue weighted by molar-refractivity contribution is -0.138. The van der Waals surface area contributed by atoms with Crippen molar-refractivity contribution in [1.29, 1.82) is 0 Å². The Hall–Kier alpha value is -2.47. The highest BCUT2D eigenvalue weighted by Crippen LogP contribution is 2.23. The smallest absolute Gasteiger partial charge is 0.239 e. The molecule has 0 unspecified atom stereocenters. The molecule has 2 aromatic rings. The Kier molecular flexibility index (Phi) is 6.32. The summed E-state index contributed by atoms with van der Waals surface area (Å²) in [6.07, 6.45) is 0.309. The van der Waals surface area contributed by atoms with Crippen LogP contribution >= 0.6 is 11.6 Å². The normalized spacial score (nSPS) is 11.1. The fraction of sp³-hybridized carbons (Fsp3) is 0.263. The monoisotopic (exact) mass is 380 g/mol. The summed E-state index contributed by atoms with van der Waals surface area (Å²) in [6.45, 7) is 3.12. The summed E-state index contributed by atoms with van der Waals surface area (Å²) in [7, 11) is 0. The van der Waals surface area contributed by atoms with Crippen LogP contribution in [0.25, 0.3) is 0 Å². The zero-order chi connectivity index (χ0) is 19.3. The van der Waals surface area contributed by atoms with Gasteiger partial charge in [0.1, 0.15) is 17.0 Å². The number of carbonyl (C=O) groups is 2. The Morgan fingerprint density at radius 2 is 1.73 bits per heavy atom. The van der Waals surface area contributed by atoms with Crippen molar-refractivity contribution < 1.29 is 18.4 Å². The first-order valence-corrected chi connectivity index (χ1v) is 8.38. The van der Waals surface area contributed by atoms with Gasteiger partial charge in [0.05, 0.1) is 5.02 Å². The Morgan fingerprint density at radius 1 is 1.04 bits per heavy atom. The van der Waals surface area contributed by atoms with E-state index in [1.54, 1.807) is 18.2 Å². The molecule has 7 heteroatoms. The highest BCUT2D eigenvalue weighted by Gasteiger charge is 2.36. The lowest BCUT2D eigenvalue weighted by Crippen LogP contribution is -2.45. The Bertz CT molecular complexity index is 825. The number of anilines is 1. The third kappa shape index (κ3) is 4.79. The average Bonchev–Trinajstić information content (AvgIpc) is 2.59. The Balaban J connectivity index is 1.94. The van der Waals surface area contributed by atoms with Gasteiger partial charge in [-0.15, -0.1) is 0 Å². The summed E-state index contributed by atoms with van der Waals surface area (Å²) < 4.78 is 26.7. The topological polar surface area (TPSA) is 58.2 Å². The molecule has 0 spiro atoms. The van der Waals surface area contributed by atoms with Crippen molar-refractivity contribution in [2.24, 2.45) is 5.41 Å². The van der Waals surface area contributed by atoms with E-state index in [0.29, 0.717) is 12.0 Å². The van der Waals surface area contributed by atoms with Crippen molar-refractivity contribution in [3.8, 4) is 0 Å². The second-order valence-electron chi connectivity index (χ2n) is 6.31. The van der Waals surface area contributed by atoms with Gasteiger partial charge >= 0.3 is 0 Å². The number of rotatable bonds is 6. The molecular weight excluding hydrogens is 362 g/mol. The zero-order valence-corrected chi connectivity index (χ0v) is 15.2. The molecule has 0 aliphatic rings. The molecule has 2 amide bonds. The minimum atomic E-state index is -1.38. The third-order valence-corrected chi connectivity index (χ3v) is 4.24. The summed E-state index contributed by atoms with van der Waals surface area (Å²) in [5.41, 5.74) is -0.611. The minimum Gasteiger partial charge on any atom is -0.355 e. The van der Waals surface area contributed by atoms with Crippen LogP contribution in [0.4, 0.5) is 14.5 Å². The van der Waals surface area contributed by atoms with E-state index >= 15 is 0 Å². The van der Waals surface area contributed by atoms with Gasteiger partial charge in [-0.2, -0.15) is 0 Å². The van der Waals surface area contributed by atoms with E-state index < -0.39 is 23.0 Å². The molecule has 2 rings (SSSR count). The standard InChI is InChI=1S/C19H19ClF2N2O2/c1-19(2,18(26)24-13-7-8-16(22)14(20)11-13)17(25)23-10-9-12-5-3-4-6-15(12)21/h3-8,11H,9-10H2,1-2H3,(H,23,25)(H,24,26). The van der Waals surface area contributed by atoms with E-state index in [4.69, 9.17) is 11.6 Å². The second-order valence-corrected chi connectivity index (χ2v) is 6.71. The molecule has 0 aliphatic carbocycles. The van der Waals surface area contributed by atoms with E-state index in [1.807, 2.05) is 0 Å². The van der Waals surface area contributed by atoms with E-state index in [-0.39, 0.29) is 23.1 Å². The molecule has 0 radical (unpaired) electrons. The molecular formula is C19H19ClF2N2O2. The summed E-state index contributed by atoms with van der Waals surface area (Å²) in [5.74, 6) is -2.01. The summed E-state index contributed by atoms with van der Waals surface area (Å²) in [5, 5.41) is 5.04. The average molecular weight is 381 g/mol. The molecule has 0 heterocycles. The summed E-state index contributed by atoms with van der Waals surface area (Å²) in [4.78, 5) is 24.7.